The monoisotopic (exact) mass is 600 g/mol. The van der Waals surface area contributed by atoms with Gasteiger partial charge in [-0.15, -0.1) is 0 Å². The SMILES string of the molecule is O=C1c2cccc(n2)OCCOCCOCCOCCOCCOc2cccc(n2)C(=O)c2cccc(n2)-c2cccc1n2. The van der Waals surface area contributed by atoms with E-state index >= 15 is 0 Å². The Morgan fingerprint density at radius 2 is 0.659 bits per heavy atom. The quantitative estimate of drug-likeness (QED) is 0.293. The molecule has 0 N–H and O–H groups in total. The second-order valence-electron chi connectivity index (χ2n) is 9.34. The average Bonchev–Trinajstić information content (AvgIpc) is 3.07. The van der Waals surface area contributed by atoms with Crippen LogP contribution in [0.3, 0.4) is 0 Å². The Morgan fingerprint density at radius 1 is 0.364 bits per heavy atom. The molecule has 5 rings (SSSR count). The standard InChI is InChI=1S/C32H32N4O8/c37-31-25-7-1-5-23(33-25)24-6-2-8-26(34-24)32(38)28-10-4-12-30(36-28)44-22-20-42-18-16-40-14-13-39-15-17-41-19-21-43-29-11-3-9-27(31)35-29/h1-12H,13-22H2. The van der Waals surface area contributed by atoms with Gasteiger partial charge in [0, 0.05) is 12.1 Å². The van der Waals surface area contributed by atoms with Gasteiger partial charge in [0.25, 0.3) is 0 Å². The van der Waals surface area contributed by atoms with Crippen LogP contribution in [0.4, 0.5) is 0 Å². The summed E-state index contributed by atoms with van der Waals surface area (Å²) in [6, 6.07) is 19.9. The molecule has 0 atom stereocenters. The van der Waals surface area contributed by atoms with Gasteiger partial charge in [0.2, 0.25) is 23.3 Å². The minimum Gasteiger partial charge on any atom is -0.475 e. The fourth-order valence-corrected chi connectivity index (χ4v) is 4.09. The van der Waals surface area contributed by atoms with Gasteiger partial charge >= 0.3 is 0 Å². The largest absolute Gasteiger partial charge is 0.475 e. The maximum Gasteiger partial charge on any atom is 0.229 e. The van der Waals surface area contributed by atoms with Crippen molar-refractivity contribution in [1.82, 2.24) is 19.9 Å². The third-order valence-corrected chi connectivity index (χ3v) is 6.21. The van der Waals surface area contributed by atoms with Crippen molar-refractivity contribution in [3.63, 3.8) is 0 Å². The molecule has 5 heterocycles. The van der Waals surface area contributed by atoms with Crippen molar-refractivity contribution in [1.29, 1.82) is 0 Å². The third-order valence-electron chi connectivity index (χ3n) is 6.21. The van der Waals surface area contributed by atoms with Crippen LogP contribution < -0.4 is 9.47 Å². The second kappa shape index (κ2) is 16.3. The van der Waals surface area contributed by atoms with E-state index in [2.05, 4.69) is 19.9 Å². The molecule has 12 nitrogen and oxygen atoms in total. The zero-order valence-electron chi connectivity index (χ0n) is 24.1. The van der Waals surface area contributed by atoms with Crippen LogP contribution in [0.15, 0.2) is 72.8 Å². The smallest absolute Gasteiger partial charge is 0.229 e. The van der Waals surface area contributed by atoms with Crippen molar-refractivity contribution in [2.24, 2.45) is 0 Å². The van der Waals surface area contributed by atoms with Crippen LogP contribution >= 0.6 is 0 Å². The second-order valence-corrected chi connectivity index (χ2v) is 9.34. The van der Waals surface area contributed by atoms with Gasteiger partial charge < -0.3 is 28.4 Å². The molecule has 12 heteroatoms. The number of nitrogens with zero attached hydrogens (tertiary/aromatic N) is 4. The number of ketones is 2. The number of carbonyl (C=O) groups is 2. The van der Waals surface area contributed by atoms with E-state index in [-0.39, 0.29) is 47.6 Å². The van der Waals surface area contributed by atoms with Crippen molar-refractivity contribution in [2.75, 3.05) is 66.1 Å². The molecule has 0 saturated heterocycles. The van der Waals surface area contributed by atoms with Crippen molar-refractivity contribution in [3.8, 4) is 23.1 Å². The van der Waals surface area contributed by atoms with Gasteiger partial charge in [-0.25, -0.2) is 19.9 Å². The lowest BCUT2D eigenvalue weighted by molar-refractivity contribution is -0.00721. The fourth-order valence-electron chi connectivity index (χ4n) is 4.09. The molecule has 4 aromatic rings. The van der Waals surface area contributed by atoms with Crippen molar-refractivity contribution in [2.45, 2.75) is 0 Å². The Balaban J connectivity index is 1.33. The van der Waals surface area contributed by atoms with Gasteiger partial charge in [0.05, 0.1) is 64.2 Å². The molecule has 8 bridgehead atoms. The first-order chi connectivity index (χ1) is 21.7. The van der Waals surface area contributed by atoms with Gasteiger partial charge in [-0.1, -0.05) is 24.3 Å². The van der Waals surface area contributed by atoms with E-state index in [1.807, 2.05) is 0 Å². The lowest BCUT2D eigenvalue weighted by Crippen LogP contribution is -2.15. The van der Waals surface area contributed by atoms with E-state index in [4.69, 9.17) is 28.4 Å². The average molecular weight is 601 g/mol. The van der Waals surface area contributed by atoms with Crippen molar-refractivity contribution in [3.05, 3.63) is 95.6 Å². The van der Waals surface area contributed by atoms with Gasteiger partial charge in [-0.05, 0) is 36.4 Å². The van der Waals surface area contributed by atoms with Crippen molar-refractivity contribution < 1.29 is 38.0 Å². The lowest BCUT2D eigenvalue weighted by atomic mass is 10.1. The zero-order valence-corrected chi connectivity index (χ0v) is 24.1. The number of hydrogen-bond donors (Lipinski definition) is 0. The third kappa shape index (κ3) is 8.94. The van der Waals surface area contributed by atoms with E-state index in [0.29, 0.717) is 76.0 Å². The molecule has 0 spiro atoms. The Labute approximate surface area is 254 Å². The molecule has 1 aliphatic rings. The Kier molecular flexibility index (Phi) is 11.4. The number of pyridine rings is 4. The summed E-state index contributed by atoms with van der Waals surface area (Å²) in [6.07, 6.45) is 0. The van der Waals surface area contributed by atoms with Crippen LogP contribution in [0.1, 0.15) is 32.4 Å². The Hall–Kier alpha value is -4.62. The molecule has 0 radical (unpaired) electrons. The Morgan fingerprint density at radius 3 is 1.05 bits per heavy atom. The van der Waals surface area contributed by atoms with Gasteiger partial charge in [0.15, 0.2) is 0 Å². The molecule has 1 aliphatic heterocycles. The number of ether oxygens (including phenoxy) is 6. The summed E-state index contributed by atoms with van der Waals surface area (Å²) in [7, 11) is 0. The molecule has 0 saturated carbocycles. The first-order valence-corrected chi connectivity index (χ1v) is 14.2. The van der Waals surface area contributed by atoms with Crippen LogP contribution in [0, 0.1) is 0 Å². The highest BCUT2D eigenvalue weighted by Gasteiger charge is 2.17. The fraction of sp³-hybridized carbons (Fsp3) is 0.312. The predicted octanol–water partition coefficient (Wildman–Crippen LogP) is 3.23. The van der Waals surface area contributed by atoms with Crippen LogP contribution in [-0.2, 0) is 18.9 Å². The normalized spacial score (nSPS) is 16.3. The van der Waals surface area contributed by atoms with Crippen molar-refractivity contribution >= 4 is 11.6 Å². The summed E-state index contributed by atoms with van der Waals surface area (Å²) in [4.78, 5) is 44.2. The number of fused-ring (bicyclic) bond motifs is 9. The van der Waals surface area contributed by atoms with Crippen LogP contribution in [0.2, 0.25) is 0 Å². The van der Waals surface area contributed by atoms with Crippen LogP contribution in [0.5, 0.6) is 11.8 Å². The maximum atomic E-state index is 13.3. The molecule has 228 valence electrons. The van der Waals surface area contributed by atoms with Crippen LogP contribution in [-0.4, -0.2) is 97.6 Å². The van der Waals surface area contributed by atoms with Gasteiger partial charge in [0.1, 0.15) is 36.0 Å². The van der Waals surface area contributed by atoms with Crippen LogP contribution in [0.25, 0.3) is 11.4 Å². The predicted molar refractivity (Wildman–Crippen MR) is 157 cm³/mol. The highest BCUT2D eigenvalue weighted by atomic mass is 16.6. The number of aromatic nitrogens is 4. The first-order valence-electron chi connectivity index (χ1n) is 14.2. The van der Waals surface area contributed by atoms with E-state index in [1.54, 1.807) is 72.8 Å². The molecule has 0 fully saturated rings. The molecule has 0 amide bonds. The first kappa shape index (κ1) is 30.8. The minimum absolute atomic E-state index is 0.176. The number of rotatable bonds is 0. The van der Waals surface area contributed by atoms with E-state index in [0.717, 1.165) is 0 Å². The molecule has 0 unspecified atom stereocenters. The summed E-state index contributed by atoms with van der Waals surface area (Å²) in [5.41, 5.74) is 1.56. The molecule has 0 aromatic carbocycles. The summed E-state index contributed by atoms with van der Waals surface area (Å²) in [6.45, 7) is 3.71. The molecular formula is C32H32N4O8. The lowest BCUT2D eigenvalue weighted by Gasteiger charge is -2.10. The van der Waals surface area contributed by atoms with Gasteiger partial charge in [-0.2, -0.15) is 0 Å². The number of hydrogen-bond acceptors (Lipinski definition) is 12. The highest BCUT2D eigenvalue weighted by Crippen LogP contribution is 2.19. The van der Waals surface area contributed by atoms with E-state index < -0.39 is 0 Å². The summed E-state index contributed by atoms with van der Waals surface area (Å²) in [5, 5.41) is 0. The summed E-state index contributed by atoms with van der Waals surface area (Å²) >= 11 is 0. The van der Waals surface area contributed by atoms with E-state index in [1.165, 1.54) is 0 Å². The summed E-state index contributed by atoms with van der Waals surface area (Å²) in [5.74, 6) is -0.173. The molecular weight excluding hydrogens is 568 g/mol. The van der Waals surface area contributed by atoms with Gasteiger partial charge in [-0.3, -0.25) is 9.59 Å². The molecule has 44 heavy (non-hydrogen) atoms. The minimum atomic E-state index is -0.381. The zero-order chi connectivity index (χ0) is 30.4. The Bertz CT molecular complexity index is 1440. The number of carbonyl (C=O) groups excluding carboxylic acids is 2. The molecule has 4 aromatic heterocycles. The van der Waals surface area contributed by atoms with E-state index in [9.17, 15) is 9.59 Å². The maximum absolute atomic E-state index is 13.3. The summed E-state index contributed by atoms with van der Waals surface area (Å²) < 4.78 is 33.4. The molecule has 0 aliphatic carbocycles. The highest BCUT2D eigenvalue weighted by molar-refractivity contribution is 6.07. The topological polar surface area (TPSA) is 141 Å².